The molecule has 2 nitrogen and oxygen atoms in total. The molecule has 0 radical (unpaired) electrons. The first-order chi connectivity index (χ1) is 8.95. The Hall–Kier alpha value is -2.13. The summed E-state index contributed by atoms with van der Waals surface area (Å²) >= 11 is 1.64. The number of anilines is 3. The summed E-state index contributed by atoms with van der Waals surface area (Å²) in [6.45, 7) is 0. The zero-order chi connectivity index (χ0) is 12.2. The number of thiazole rings is 1. The SMILES string of the molecule is c1ccc(N(c2ccccc2)c2nccs2)cc1. The van der Waals surface area contributed by atoms with Crippen molar-refractivity contribution in [3.63, 3.8) is 0 Å². The van der Waals surface area contributed by atoms with Crippen LogP contribution in [0.4, 0.5) is 16.5 Å². The minimum absolute atomic E-state index is 0.979. The van der Waals surface area contributed by atoms with Crippen LogP contribution in [0.2, 0.25) is 0 Å². The van der Waals surface area contributed by atoms with Gasteiger partial charge in [-0.1, -0.05) is 36.4 Å². The molecule has 0 aliphatic rings. The highest BCUT2D eigenvalue weighted by Crippen LogP contribution is 2.34. The summed E-state index contributed by atoms with van der Waals surface area (Å²) < 4.78 is 0. The van der Waals surface area contributed by atoms with E-state index in [4.69, 9.17) is 0 Å². The van der Waals surface area contributed by atoms with Gasteiger partial charge < -0.3 is 0 Å². The van der Waals surface area contributed by atoms with Crippen LogP contribution in [0, 0.1) is 0 Å². The zero-order valence-corrected chi connectivity index (χ0v) is 10.5. The maximum absolute atomic E-state index is 4.41. The third-order valence-electron chi connectivity index (χ3n) is 2.64. The molecule has 18 heavy (non-hydrogen) atoms. The van der Waals surface area contributed by atoms with E-state index in [1.165, 1.54) is 0 Å². The topological polar surface area (TPSA) is 16.1 Å². The fourth-order valence-corrected chi connectivity index (χ4v) is 2.53. The maximum Gasteiger partial charge on any atom is 0.194 e. The molecule has 3 aromatic rings. The van der Waals surface area contributed by atoms with Gasteiger partial charge in [-0.25, -0.2) is 4.98 Å². The van der Waals surface area contributed by atoms with E-state index in [1.54, 1.807) is 11.3 Å². The lowest BCUT2D eigenvalue weighted by Crippen LogP contribution is -2.08. The molecular formula is C15H12N2S. The van der Waals surface area contributed by atoms with Crippen molar-refractivity contribution < 1.29 is 0 Å². The largest absolute Gasteiger partial charge is 0.286 e. The summed E-state index contributed by atoms with van der Waals surface area (Å²) in [5.41, 5.74) is 2.25. The molecule has 0 N–H and O–H groups in total. The lowest BCUT2D eigenvalue weighted by molar-refractivity contribution is 1.23. The number of para-hydroxylation sites is 2. The molecule has 1 heterocycles. The summed E-state index contributed by atoms with van der Waals surface area (Å²) in [7, 11) is 0. The van der Waals surface area contributed by atoms with Crippen molar-refractivity contribution >= 4 is 27.8 Å². The number of aromatic nitrogens is 1. The minimum atomic E-state index is 0.979. The Morgan fingerprint density at radius 2 is 1.33 bits per heavy atom. The van der Waals surface area contributed by atoms with Gasteiger partial charge in [-0.3, -0.25) is 4.90 Å². The van der Waals surface area contributed by atoms with E-state index in [-0.39, 0.29) is 0 Å². The summed E-state index contributed by atoms with van der Waals surface area (Å²) in [4.78, 5) is 6.57. The van der Waals surface area contributed by atoms with Crippen molar-refractivity contribution in [2.45, 2.75) is 0 Å². The predicted molar refractivity (Wildman–Crippen MR) is 76.8 cm³/mol. The van der Waals surface area contributed by atoms with Crippen LogP contribution in [-0.2, 0) is 0 Å². The maximum atomic E-state index is 4.41. The van der Waals surface area contributed by atoms with Crippen LogP contribution in [0.25, 0.3) is 0 Å². The Bertz CT molecular complexity index is 551. The summed E-state index contributed by atoms with van der Waals surface area (Å²) in [5.74, 6) is 0. The zero-order valence-electron chi connectivity index (χ0n) is 9.73. The summed E-state index contributed by atoms with van der Waals surface area (Å²) in [6, 6.07) is 20.6. The molecule has 88 valence electrons. The van der Waals surface area contributed by atoms with Gasteiger partial charge in [0, 0.05) is 23.0 Å². The number of hydrogen-bond acceptors (Lipinski definition) is 3. The molecule has 0 unspecified atom stereocenters. The van der Waals surface area contributed by atoms with E-state index in [9.17, 15) is 0 Å². The van der Waals surface area contributed by atoms with Crippen LogP contribution in [0.5, 0.6) is 0 Å². The van der Waals surface area contributed by atoms with Gasteiger partial charge in [-0.2, -0.15) is 0 Å². The van der Waals surface area contributed by atoms with Gasteiger partial charge in [0.1, 0.15) is 0 Å². The molecule has 0 bridgehead atoms. The van der Waals surface area contributed by atoms with Crippen molar-refractivity contribution in [2.24, 2.45) is 0 Å². The van der Waals surface area contributed by atoms with Gasteiger partial charge in [0.05, 0.1) is 0 Å². The number of benzene rings is 2. The molecule has 0 fully saturated rings. The third-order valence-corrected chi connectivity index (χ3v) is 3.40. The van der Waals surface area contributed by atoms with Crippen molar-refractivity contribution in [3.8, 4) is 0 Å². The molecule has 0 amide bonds. The average Bonchev–Trinajstić information content (AvgIpc) is 2.95. The fraction of sp³-hybridized carbons (Fsp3) is 0. The summed E-state index contributed by atoms with van der Waals surface area (Å²) in [5, 5.41) is 2.97. The molecular weight excluding hydrogens is 240 g/mol. The molecule has 3 rings (SSSR count). The third kappa shape index (κ3) is 2.13. The van der Waals surface area contributed by atoms with Gasteiger partial charge >= 0.3 is 0 Å². The highest BCUT2D eigenvalue weighted by atomic mass is 32.1. The van der Waals surface area contributed by atoms with Crippen LogP contribution in [0.3, 0.4) is 0 Å². The highest BCUT2D eigenvalue weighted by Gasteiger charge is 2.13. The minimum Gasteiger partial charge on any atom is -0.286 e. The van der Waals surface area contributed by atoms with E-state index >= 15 is 0 Å². The molecule has 0 atom stereocenters. The normalized spacial score (nSPS) is 10.2. The number of nitrogens with zero attached hydrogens (tertiary/aromatic N) is 2. The van der Waals surface area contributed by atoms with Crippen LogP contribution >= 0.6 is 11.3 Å². The van der Waals surface area contributed by atoms with E-state index in [0.29, 0.717) is 0 Å². The Labute approximate surface area is 110 Å². The van der Waals surface area contributed by atoms with E-state index in [2.05, 4.69) is 34.1 Å². The number of rotatable bonds is 3. The second kappa shape index (κ2) is 5.02. The Kier molecular flexibility index (Phi) is 3.07. The fourth-order valence-electron chi connectivity index (χ4n) is 1.85. The molecule has 3 heteroatoms. The monoisotopic (exact) mass is 252 g/mol. The average molecular weight is 252 g/mol. The van der Waals surface area contributed by atoms with Crippen LogP contribution in [0.15, 0.2) is 72.2 Å². The Balaban J connectivity index is 2.11. The molecule has 1 aromatic heterocycles. The van der Waals surface area contributed by atoms with E-state index in [1.807, 2.05) is 48.0 Å². The number of hydrogen-bond donors (Lipinski definition) is 0. The molecule has 2 aromatic carbocycles. The van der Waals surface area contributed by atoms with Gasteiger partial charge in [-0.15, -0.1) is 11.3 Å². The van der Waals surface area contributed by atoms with Crippen LogP contribution in [0.1, 0.15) is 0 Å². The molecule has 0 saturated heterocycles. The standard InChI is InChI=1S/C15H12N2S/c1-3-7-13(8-4-1)17(15-16-11-12-18-15)14-9-5-2-6-10-14/h1-12H. The molecule has 0 spiro atoms. The molecule has 0 aliphatic carbocycles. The Morgan fingerprint density at radius 1 is 0.778 bits per heavy atom. The lowest BCUT2D eigenvalue weighted by atomic mass is 10.2. The molecule has 0 aliphatic heterocycles. The quantitative estimate of drug-likeness (QED) is 0.676. The molecule has 0 saturated carbocycles. The summed E-state index contributed by atoms with van der Waals surface area (Å²) in [6.07, 6.45) is 1.83. The first-order valence-electron chi connectivity index (χ1n) is 5.75. The van der Waals surface area contributed by atoms with Gasteiger partial charge in [0.25, 0.3) is 0 Å². The first-order valence-corrected chi connectivity index (χ1v) is 6.63. The van der Waals surface area contributed by atoms with Crippen LogP contribution in [-0.4, -0.2) is 4.98 Å². The van der Waals surface area contributed by atoms with E-state index < -0.39 is 0 Å². The van der Waals surface area contributed by atoms with Crippen molar-refractivity contribution in [2.75, 3.05) is 4.90 Å². The van der Waals surface area contributed by atoms with Crippen molar-refractivity contribution in [1.29, 1.82) is 0 Å². The Morgan fingerprint density at radius 3 is 1.78 bits per heavy atom. The predicted octanol–water partition coefficient (Wildman–Crippen LogP) is 4.61. The van der Waals surface area contributed by atoms with Gasteiger partial charge in [0.15, 0.2) is 5.13 Å². The highest BCUT2D eigenvalue weighted by molar-refractivity contribution is 7.13. The van der Waals surface area contributed by atoms with Crippen LogP contribution < -0.4 is 4.90 Å². The van der Waals surface area contributed by atoms with Crippen molar-refractivity contribution in [3.05, 3.63) is 72.2 Å². The van der Waals surface area contributed by atoms with Gasteiger partial charge in [-0.05, 0) is 24.3 Å². The van der Waals surface area contributed by atoms with Gasteiger partial charge in [0.2, 0.25) is 0 Å². The first kappa shape index (κ1) is 11.0. The van der Waals surface area contributed by atoms with Crippen molar-refractivity contribution in [1.82, 2.24) is 4.98 Å². The smallest absolute Gasteiger partial charge is 0.194 e. The second-order valence-corrected chi connectivity index (χ2v) is 4.69. The lowest BCUT2D eigenvalue weighted by Gasteiger charge is -2.21. The van der Waals surface area contributed by atoms with E-state index in [0.717, 1.165) is 16.5 Å². The second-order valence-electron chi connectivity index (χ2n) is 3.82.